The van der Waals surface area contributed by atoms with Crippen molar-refractivity contribution in [1.82, 2.24) is 14.8 Å². The van der Waals surface area contributed by atoms with E-state index in [2.05, 4.69) is 53.2 Å². The van der Waals surface area contributed by atoms with Gasteiger partial charge in [-0.15, -0.1) is 10.2 Å². The van der Waals surface area contributed by atoms with E-state index in [9.17, 15) is 0 Å². The first-order chi connectivity index (χ1) is 10.6. The van der Waals surface area contributed by atoms with Crippen molar-refractivity contribution in [3.63, 3.8) is 0 Å². The standard InChI is InChI=1S/C17H24N4O/c1-12-7-5-6-8-15(12)14-9-13(2)21(10-14)17-19-18-16(11-22-4)20(17)3/h5-8,13-14H,9-11H2,1-4H3. The van der Waals surface area contributed by atoms with Crippen LogP contribution in [0.2, 0.25) is 0 Å². The average molecular weight is 300 g/mol. The molecule has 1 aromatic carbocycles. The molecule has 1 aliphatic heterocycles. The Morgan fingerprint density at radius 3 is 2.77 bits per heavy atom. The van der Waals surface area contributed by atoms with E-state index in [1.165, 1.54) is 11.1 Å². The number of aromatic nitrogens is 3. The van der Waals surface area contributed by atoms with Crippen molar-refractivity contribution < 1.29 is 4.74 Å². The summed E-state index contributed by atoms with van der Waals surface area (Å²) in [7, 11) is 3.69. The largest absolute Gasteiger partial charge is 0.377 e. The smallest absolute Gasteiger partial charge is 0.227 e. The van der Waals surface area contributed by atoms with Crippen molar-refractivity contribution in [2.45, 2.75) is 38.8 Å². The highest BCUT2D eigenvalue weighted by Crippen LogP contribution is 2.35. The van der Waals surface area contributed by atoms with Gasteiger partial charge in [0.15, 0.2) is 5.82 Å². The van der Waals surface area contributed by atoms with Gasteiger partial charge in [-0.05, 0) is 31.4 Å². The van der Waals surface area contributed by atoms with Crippen LogP contribution in [0.5, 0.6) is 0 Å². The number of nitrogens with zero attached hydrogens (tertiary/aromatic N) is 4. The molecule has 5 heteroatoms. The van der Waals surface area contributed by atoms with Crippen LogP contribution in [0.1, 0.15) is 36.2 Å². The summed E-state index contributed by atoms with van der Waals surface area (Å²) in [5, 5.41) is 8.62. The molecule has 2 heterocycles. The minimum atomic E-state index is 0.461. The topological polar surface area (TPSA) is 43.2 Å². The van der Waals surface area contributed by atoms with Crippen LogP contribution in [0.4, 0.5) is 5.95 Å². The Labute approximate surface area is 131 Å². The maximum absolute atomic E-state index is 5.18. The molecule has 5 nitrogen and oxygen atoms in total. The predicted molar refractivity (Wildman–Crippen MR) is 87.1 cm³/mol. The Kier molecular flexibility index (Phi) is 4.16. The summed E-state index contributed by atoms with van der Waals surface area (Å²) in [4.78, 5) is 2.36. The van der Waals surface area contributed by atoms with Crippen LogP contribution in [0.25, 0.3) is 0 Å². The monoisotopic (exact) mass is 300 g/mol. The number of methoxy groups -OCH3 is 1. The van der Waals surface area contributed by atoms with Gasteiger partial charge in [0.05, 0.1) is 0 Å². The van der Waals surface area contributed by atoms with Crippen molar-refractivity contribution in [2.75, 3.05) is 18.6 Å². The second kappa shape index (κ2) is 6.08. The maximum atomic E-state index is 5.18. The number of ether oxygens (including phenoxy) is 1. The zero-order chi connectivity index (χ0) is 15.7. The number of benzene rings is 1. The maximum Gasteiger partial charge on any atom is 0.227 e. The molecular formula is C17H24N4O. The van der Waals surface area contributed by atoms with Crippen LogP contribution >= 0.6 is 0 Å². The number of rotatable bonds is 4. The fourth-order valence-corrected chi connectivity index (χ4v) is 3.44. The first-order valence-corrected chi connectivity index (χ1v) is 7.81. The second-order valence-electron chi connectivity index (χ2n) is 6.20. The van der Waals surface area contributed by atoms with E-state index in [0.29, 0.717) is 18.6 Å². The quantitative estimate of drug-likeness (QED) is 0.870. The number of hydrogen-bond acceptors (Lipinski definition) is 4. The molecule has 22 heavy (non-hydrogen) atoms. The third-order valence-electron chi connectivity index (χ3n) is 4.68. The third kappa shape index (κ3) is 2.61. The summed E-state index contributed by atoms with van der Waals surface area (Å²) >= 11 is 0. The molecule has 0 radical (unpaired) electrons. The van der Waals surface area contributed by atoms with Crippen molar-refractivity contribution in [1.29, 1.82) is 0 Å². The molecule has 2 aromatic rings. The lowest BCUT2D eigenvalue weighted by Gasteiger charge is -2.22. The number of anilines is 1. The number of aryl methyl sites for hydroxylation is 1. The first-order valence-electron chi connectivity index (χ1n) is 7.81. The van der Waals surface area contributed by atoms with Gasteiger partial charge in [0, 0.05) is 32.7 Å². The first kappa shape index (κ1) is 15.0. The molecule has 0 amide bonds. The zero-order valence-electron chi connectivity index (χ0n) is 13.8. The van der Waals surface area contributed by atoms with Gasteiger partial charge in [-0.25, -0.2) is 0 Å². The summed E-state index contributed by atoms with van der Waals surface area (Å²) in [6.45, 7) is 5.95. The molecule has 1 aromatic heterocycles. The minimum absolute atomic E-state index is 0.461. The predicted octanol–water partition coefficient (Wildman–Crippen LogP) is 2.65. The third-order valence-corrected chi connectivity index (χ3v) is 4.68. The normalized spacial score (nSPS) is 21.5. The van der Waals surface area contributed by atoms with E-state index in [1.54, 1.807) is 7.11 Å². The van der Waals surface area contributed by atoms with E-state index in [4.69, 9.17) is 4.74 Å². The van der Waals surface area contributed by atoms with Crippen molar-refractivity contribution in [3.05, 3.63) is 41.2 Å². The highest BCUT2D eigenvalue weighted by Gasteiger charge is 2.33. The summed E-state index contributed by atoms with van der Waals surface area (Å²) in [5.41, 5.74) is 2.83. The molecule has 0 spiro atoms. The summed E-state index contributed by atoms with van der Waals surface area (Å²) in [6, 6.07) is 9.15. The van der Waals surface area contributed by atoms with Gasteiger partial charge < -0.3 is 9.64 Å². The van der Waals surface area contributed by atoms with Crippen LogP contribution in [0, 0.1) is 6.92 Å². The Hall–Kier alpha value is -1.88. The van der Waals surface area contributed by atoms with E-state index >= 15 is 0 Å². The van der Waals surface area contributed by atoms with Crippen LogP contribution in [0.3, 0.4) is 0 Å². The summed E-state index contributed by atoms with van der Waals surface area (Å²) < 4.78 is 7.22. The minimum Gasteiger partial charge on any atom is -0.377 e. The second-order valence-corrected chi connectivity index (χ2v) is 6.20. The molecule has 118 valence electrons. The van der Waals surface area contributed by atoms with E-state index in [-0.39, 0.29) is 0 Å². The Balaban J connectivity index is 1.83. The highest BCUT2D eigenvalue weighted by molar-refractivity contribution is 5.40. The molecule has 1 aliphatic rings. The van der Waals surface area contributed by atoms with E-state index in [0.717, 1.165) is 24.7 Å². The molecule has 0 aliphatic carbocycles. The van der Waals surface area contributed by atoms with Gasteiger partial charge in [-0.1, -0.05) is 24.3 Å². The Morgan fingerprint density at radius 1 is 1.27 bits per heavy atom. The van der Waals surface area contributed by atoms with Crippen molar-refractivity contribution >= 4 is 5.95 Å². The average Bonchev–Trinajstić information content (AvgIpc) is 3.04. The Bertz CT molecular complexity index is 652. The summed E-state index contributed by atoms with van der Waals surface area (Å²) in [6.07, 6.45) is 1.15. The molecule has 1 saturated heterocycles. The Morgan fingerprint density at radius 2 is 2.05 bits per heavy atom. The van der Waals surface area contributed by atoms with Gasteiger partial charge in [0.2, 0.25) is 5.95 Å². The van der Waals surface area contributed by atoms with Gasteiger partial charge >= 0.3 is 0 Å². The SMILES string of the molecule is COCc1nnc(N2CC(c3ccccc3C)CC2C)n1C. The molecule has 2 atom stereocenters. The van der Waals surface area contributed by atoms with E-state index < -0.39 is 0 Å². The van der Waals surface area contributed by atoms with Gasteiger partial charge in [0.25, 0.3) is 0 Å². The van der Waals surface area contributed by atoms with Gasteiger partial charge in [-0.2, -0.15) is 0 Å². The van der Waals surface area contributed by atoms with Crippen LogP contribution in [-0.2, 0) is 18.4 Å². The summed E-state index contributed by atoms with van der Waals surface area (Å²) in [5.74, 6) is 2.36. The van der Waals surface area contributed by atoms with Crippen molar-refractivity contribution in [2.24, 2.45) is 7.05 Å². The van der Waals surface area contributed by atoms with Crippen LogP contribution in [-0.4, -0.2) is 34.5 Å². The van der Waals surface area contributed by atoms with Crippen molar-refractivity contribution in [3.8, 4) is 0 Å². The van der Waals surface area contributed by atoms with Crippen LogP contribution in [0.15, 0.2) is 24.3 Å². The number of hydrogen-bond donors (Lipinski definition) is 0. The molecule has 2 unspecified atom stereocenters. The molecular weight excluding hydrogens is 276 g/mol. The molecule has 1 fully saturated rings. The molecule has 0 saturated carbocycles. The lowest BCUT2D eigenvalue weighted by Crippen LogP contribution is -2.29. The fraction of sp³-hybridized carbons (Fsp3) is 0.529. The van der Waals surface area contributed by atoms with Crippen LogP contribution < -0.4 is 4.90 Å². The molecule has 3 rings (SSSR count). The van der Waals surface area contributed by atoms with Gasteiger partial charge in [-0.3, -0.25) is 4.57 Å². The van der Waals surface area contributed by atoms with Gasteiger partial charge in [0.1, 0.15) is 6.61 Å². The van der Waals surface area contributed by atoms with E-state index in [1.807, 2.05) is 11.6 Å². The zero-order valence-corrected chi connectivity index (χ0v) is 13.8. The molecule has 0 bridgehead atoms. The lowest BCUT2D eigenvalue weighted by molar-refractivity contribution is 0.175. The lowest BCUT2D eigenvalue weighted by atomic mass is 9.93. The fourth-order valence-electron chi connectivity index (χ4n) is 3.44. The molecule has 0 N–H and O–H groups in total. The highest BCUT2D eigenvalue weighted by atomic mass is 16.5.